The molecule has 2 aromatic heterocycles. The van der Waals surface area contributed by atoms with Crippen molar-refractivity contribution >= 4 is 12.0 Å². The zero-order valence-electron chi connectivity index (χ0n) is 15.7. The number of nitrogens with zero attached hydrogens (tertiary/aromatic N) is 4. The molecular weight excluding hydrogens is 356 g/mol. The molecule has 1 amide bonds. The molecule has 0 radical (unpaired) electrons. The number of likely N-dealkylation sites (tertiary alicyclic amines) is 1. The molecule has 1 unspecified atom stereocenters. The van der Waals surface area contributed by atoms with Gasteiger partial charge in [0.05, 0.1) is 12.0 Å². The Morgan fingerprint density at radius 3 is 2.79 bits per heavy atom. The number of carbonyl (C=O) groups excluding carboxylic acids is 1. The monoisotopic (exact) mass is 378 g/mol. The van der Waals surface area contributed by atoms with Crippen LogP contribution in [0, 0.1) is 0 Å². The number of hydrogen-bond donors (Lipinski definition) is 0. The number of piperidine rings is 1. The van der Waals surface area contributed by atoms with E-state index in [1.54, 1.807) is 36.1 Å². The Balaban J connectivity index is 1.58. The third kappa shape index (κ3) is 3.55. The van der Waals surface area contributed by atoms with E-state index < -0.39 is 0 Å². The van der Waals surface area contributed by atoms with Gasteiger partial charge < -0.3 is 9.32 Å². The second kappa shape index (κ2) is 7.72. The van der Waals surface area contributed by atoms with E-state index in [2.05, 4.69) is 5.10 Å². The lowest BCUT2D eigenvalue weighted by Crippen LogP contribution is -2.39. The van der Waals surface area contributed by atoms with Crippen LogP contribution in [0.25, 0.3) is 11.8 Å². The molecule has 1 atom stereocenters. The van der Waals surface area contributed by atoms with Gasteiger partial charge in [-0.05, 0) is 43.2 Å². The van der Waals surface area contributed by atoms with Crippen molar-refractivity contribution in [2.75, 3.05) is 13.1 Å². The van der Waals surface area contributed by atoms with Gasteiger partial charge in [-0.2, -0.15) is 5.10 Å². The number of rotatable bonds is 4. The number of furan rings is 1. The van der Waals surface area contributed by atoms with E-state index in [0.29, 0.717) is 24.7 Å². The Bertz CT molecular complexity index is 1030. The van der Waals surface area contributed by atoms with Gasteiger partial charge in [-0.25, -0.2) is 14.0 Å². The van der Waals surface area contributed by atoms with Gasteiger partial charge in [0, 0.05) is 32.1 Å². The first-order chi connectivity index (χ1) is 13.6. The number of amides is 1. The molecule has 28 heavy (non-hydrogen) atoms. The van der Waals surface area contributed by atoms with E-state index in [1.165, 1.54) is 10.8 Å². The van der Waals surface area contributed by atoms with Crippen LogP contribution in [-0.2, 0) is 11.8 Å². The van der Waals surface area contributed by atoms with Crippen LogP contribution in [0.4, 0.5) is 0 Å². The Labute approximate surface area is 162 Å². The average Bonchev–Trinajstić information content (AvgIpc) is 3.35. The largest absolute Gasteiger partial charge is 0.465 e. The van der Waals surface area contributed by atoms with Crippen LogP contribution in [0.5, 0.6) is 0 Å². The first-order valence-corrected chi connectivity index (χ1v) is 9.35. The minimum absolute atomic E-state index is 0.00354. The zero-order valence-corrected chi connectivity index (χ0v) is 15.7. The van der Waals surface area contributed by atoms with Gasteiger partial charge in [-0.3, -0.25) is 4.79 Å². The minimum Gasteiger partial charge on any atom is -0.465 e. The summed E-state index contributed by atoms with van der Waals surface area (Å²) in [6.45, 7) is 1.23. The summed E-state index contributed by atoms with van der Waals surface area (Å²) >= 11 is 0. The highest BCUT2D eigenvalue weighted by Crippen LogP contribution is 2.26. The Kier molecular flexibility index (Phi) is 4.97. The molecule has 144 valence electrons. The van der Waals surface area contributed by atoms with Crippen molar-refractivity contribution in [1.82, 2.24) is 19.2 Å². The fourth-order valence-electron chi connectivity index (χ4n) is 3.60. The summed E-state index contributed by atoms with van der Waals surface area (Å²) in [5.74, 6) is 1.28. The lowest BCUT2D eigenvalue weighted by Gasteiger charge is -2.31. The second-order valence-corrected chi connectivity index (χ2v) is 6.91. The topological polar surface area (TPSA) is 73.3 Å². The fraction of sp³-hybridized carbons (Fsp3) is 0.286. The standard InChI is InChI=1S/C21H22N4O3/c1-23-21(27)25(17-8-3-2-4-9-17)20(22-23)16-7-5-13-24(15-16)19(26)12-11-18-10-6-14-28-18/h2-4,6,8-12,14,16H,5,7,13,15H2,1H3/b12-11+. The molecule has 3 aromatic rings. The molecule has 1 fully saturated rings. The van der Waals surface area contributed by atoms with Gasteiger partial charge in [-0.1, -0.05) is 18.2 Å². The average molecular weight is 378 g/mol. The quantitative estimate of drug-likeness (QED) is 0.654. The molecule has 4 rings (SSSR count). The van der Waals surface area contributed by atoms with E-state index in [0.717, 1.165) is 18.5 Å². The van der Waals surface area contributed by atoms with Gasteiger partial charge >= 0.3 is 5.69 Å². The first kappa shape index (κ1) is 18.0. The summed E-state index contributed by atoms with van der Waals surface area (Å²) < 4.78 is 8.25. The van der Waals surface area contributed by atoms with Crippen LogP contribution in [0.2, 0.25) is 0 Å². The number of hydrogen-bond acceptors (Lipinski definition) is 4. The molecule has 1 aromatic carbocycles. The van der Waals surface area contributed by atoms with Crippen molar-refractivity contribution in [2.24, 2.45) is 7.05 Å². The molecule has 0 bridgehead atoms. The van der Waals surface area contributed by atoms with Crippen LogP contribution in [0.3, 0.4) is 0 Å². The van der Waals surface area contributed by atoms with Crippen molar-refractivity contribution in [3.05, 3.63) is 76.9 Å². The van der Waals surface area contributed by atoms with Gasteiger partial charge in [0.15, 0.2) is 0 Å². The summed E-state index contributed by atoms with van der Waals surface area (Å²) in [6, 6.07) is 13.1. The van der Waals surface area contributed by atoms with Crippen molar-refractivity contribution in [3.63, 3.8) is 0 Å². The van der Waals surface area contributed by atoms with E-state index in [-0.39, 0.29) is 17.5 Å². The van der Waals surface area contributed by atoms with E-state index in [1.807, 2.05) is 35.2 Å². The molecule has 0 N–H and O–H groups in total. The smallest absolute Gasteiger partial charge is 0.350 e. The van der Waals surface area contributed by atoms with Crippen molar-refractivity contribution in [1.29, 1.82) is 0 Å². The predicted octanol–water partition coefficient (Wildman–Crippen LogP) is 2.58. The highest BCUT2D eigenvalue weighted by atomic mass is 16.3. The summed E-state index contributed by atoms with van der Waals surface area (Å²) in [5, 5.41) is 4.49. The number of carbonyl (C=O) groups is 1. The summed E-state index contributed by atoms with van der Waals surface area (Å²) in [6.07, 6.45) is 6.53. The highest BCUT2D eigenvalue weighted by molar-refractivity contribution is 5.91. The Morgan fingerprint density at radius 2 is 2.04 bits per heavy atom. The molecular formula is C21H22N4O3. The van der Waals surface area contributed by atoms with E-state index in [9.17, 15) is 9.59 Å². The van der Waals surface area contributed by atoms with Gasteiger partial charge in [-0.15, -0.1) is 0 Å². The molecule has 1 aliphatic rings. The maximum atomic E-state index is 12.6. The van der Waals surface area contributed by atoms with Gasteiger partial charge in [0.2, 0.25) is 5.91 Å². The number of aromatic nitrogens is 3. The first-order valence-electron chi connectivity index (χ1n) is 9.35. The maximum absolute atomic E-state index is 12.6. The number of para-hydroxylation sites is 1. The molecule has 0 spiro atoms. The van der Waals surface area contributed by atoms with Crippen LogP contribution in [0.15, 0.2) is 64.0 Å². The Hall–Kier alpha value is -3.35. The SMILES string of the molecule is Cn1nc(C2CCCN(C(=O)/C=C/c3ccco3)C2)n(-c2ccccc2)c1=O. The third-order valence-corrected chi connectivity index (χ3v) is 5.00. The minimum atomic E-state index is -0.178. The lowest BCUT2D eigenvalue weighted by atomic mass is 9.97. The van der Waals surface area contributed by atoms with Gasteiger partial charge in [0.25, 0.3) is 0 Å². The third-order valence-electron chi connectivity index (χ3n) is 5.00. The normalized spacial score (nSPS) is 17.3. The molecule has 7 nitrogen and oxygen atoms in total. The molecule has 3 heterocycles. The Morgan fingerprint density at radius 1 is 1.21 bits per heavy atom. The molecule has 0 saturated carbocycles. The molecule has 7 heteroatoms. The fourth-order valence-corrected chi connectivity index (χ4v) is 3.60. The maximum Gasteiger partial charge on any atom is 0.350 e. The number of aryl methyl sites for hydroxylation is 1. The highest BCUT2D eigenvalue weighted by Gasteiger charge is 2.29. The van der Waals surface area contributed by atoms with Gasteiger partial charge in [0.1, 0.15) is 11.6 Å². The van der Waals surface area contributed by atoms with Crippen molar-refractivity contribution in [3.8, 4) is 5.69 Å². The molecule has 1 saturated heterocycles. The summed E-state index contributed by atoms with van der Waals surface area (Å²) in [5.41, 5.74) is 0.610. The van der Waals surface area contributed by atoms with Crippen LogP contribution >= 0.6 is 0 Å². The zero-order chi connectivity index (χ0) is 19.5. The van der Waals surface area contributed by atoms with Crippen LogP contribution in [0.1, 0.15) is 30.3 Å². The second-order valence-electron chi connectivity index (χ2n) is 6.91. The van der Waals surface area contributed by atoms with Crippen LogP contribution in [-0.4, -0.2) is 38.2 Å². The summed E-state index contributed by atoms with van der Waals surface area (Å²) in [7, 11) is 1.66. The molecule has 1 aliphatic heterocycles. The van der Waals surface area contributed by atoms with E-state index >= 15 is 0 Å². The summed E-state index contributed by atoms with van der Waals surface area (Å²) in [4.78, 5) is 27.1. The van der Waals surface area contributed by atoms with Crippen molar-refractivity contribution in [2.45, 2.75) is 18.8 Å². The van der Waals surface area contributed by atoms with Crippen molar-refractivity contribution < 1.29 is 9.21 Å². The number of benzene rings is 1. The lowest BCUT2D eigenvalue weighted by molar-refractivity contribution is -0.127. The molecule has 0 aliphatic carbocycles. The van der Waals surface area contributed by atoms with E-state index in [4.69, 9.17) is 4.42 Å². The van der Waals surface area contributed by atoms with Crippen LogP contribution < -0.4 is 5.69 Å². The predicted molar refractivity (Wildman–Crippen MR) is 105 cm³/mol.